The zero-order chi connectivity index (χ0) is 13.3. The molecular formula is C15H22BrNO2. The molecule has 0 aromatic heterocycles. The molecule has 1 saturated heterocycles. The molecule has 1 aliphatic heterocycles. The zero-order valence-electron chi connectivity index (χ0n) is 11.2. The fourth-order valence-electron chi connectivity index (χ4n) is 2.19. The van der Waals surface area contributed by atoms with Crippen LogP contribution in [0.25, 0.3) is 0 Å². The summed E-state index contributed by atoms with van der Waals surface area (Å²) >= 11 is 3.41. The van der Waals surface area contributed by atoms with Crippen molar-refractivity contribution in [2.24, 2.45) is 0 Å². The van der Waals surface area contributed by atoms with Crippen LogP contribution in [0.15, 0.2) is 28.7 Å². The fraction of sp³-hybridized carbons (Fsp3) is 0.600. The molecule has 0 amide bonds. The molecule has 1 N–H and O–H groups in total. The van der Waals surface area contributed by atoms with Crippen molar-refractivity contribution in [1.82, 2.24) is 5.32 Å². The quantitative estimate of drug-likeness (QED) is 0.779. The Kier molecular flexibility index (Phi) is 6.68. The number of hydrogen-bond acceptors (Lipinski definition) is 3. The lowest BCUT2D eigenvalue weighted by molar-refractivity contribution is 0.0115. The van der Waals surface area contributed by atoms with Crippen molar-refractivity contribution in [2.45, 2.75) is 31.8 Å². The Morgan fingerprint density at radius 1 is 1.21 bits per heavy atom. The lowest BCUT2D eigenvalue weighted by atomic mass is 10.1. The van der Waals surface area contributed by atoms with Crippen LogP contribution in [0.2, 0.25) is 0 Å². The second-order valence-electron chi connectivity index (χ2n) is 4.83. The monoisotopic (exact) mass is 327 g/mol. The summed E-state index contributed by atoms with van der Waals surface area (Å²) in [5.74, 6) is 0.917. The Balaban J connectivity index is 1.49. The van der Waals surface area contributed by atoms with E-state index in [9.17, 15) is 0 Å². The fourth-order valence-corrected chi connectivity index (χ4v) is 2.46. The van der Waals surface area contributed by atoms with Crippen molar-refractivity contribution in [3.63, 3.8) is 0 Å². The van der Waals surface area contributed by atoms with Crippen LogP contribution < -0.4 is 10.1 Å². The highest BCUT2D eigenvalue weighted by Crippen LogP contribution is 2.16. The van der Waals surface area contributed by atoms with Crippen LogP contribution in [0.3, 0.4) is 0 Å². The van der Waals surface area contributed by atoms with Crippen molar-refractivity contribution < 1.29 is 9.47 Å². The molecule has 0 radical (unpaired) electrons. The van der Waals surface area contributed by atoms with Gasteiger partial charge in [0.2, 0.25) is 0 Å². The highest BCUT2D eigenvalue weighted by Gasteiger charge is 2.12. The van der Waals surface area contributed by atoms with Gasteiger partial charge in [-0.15, -0.1) is 0 Å². The lowest BCUT2D eigenvalue weighted by Crippen LogP contribution is -2.27. The predicted molar refractivity (Wildman–Crippen MR) is 80.7 cm³/mol. The van der Waals surface area contributed by atoms with E-state index in [-0.39, 0.29) is 0 Å². The minimum absolute atomic E-state index is 0.466. The van der Waals surface area contributed by atoms with Gasteiger partial charge >= 0.3 is 0 Å². The van der Waals surface area contributed by atoms with E-state index in [4.69, 9.17) is 9.47 Å². The van der Waals surface area contributed by atoms with E-state index < -0.39 is 0 Å². The van der Waals surface area contributed by atoms with Crippen molar-refractivity contribution in [2.75, 3.05) is 26.3 Å². The molecule has 106 valence electrons. The molecule has 1 atom stereocenters. The molecule has 1 fully saturated rings. The van der Waals surface area contributed by atoms with Gasteiger partial charge in [0.1, 0.15) is 12.4 Å². The van der Waals surface area contributed by atoms with E-state index in [1.54, 1.807) is 0 Å². The maximum absolute atomic E-state index is 5.69. The van der Waals surface area contributed by atoms with Gasteiger partial charge in [0.15, 0.2) is 0 Å². The topological polar surface area (TPSA) is 30.5 Å². The Hall–Kier alpha value is -0.580. The van der Waals surface area contributed by atoms with Gasteiger partial charge in [0.25, 0.3) is 0 Å². The molecule has 1 heterocycles. The maximum atomic E-state index is 5.69. The molecule has 19 heavy (non-hydrogen) atoms. The van der Waals surface area contributed by atoms with Gasteiger partial charge in [-0.3, -0.25) is 0 Å². The van der Waals surface area contributed by atoms with Gasteiger partial charge < -0.3 is 14.8 Å². The zero-order valence-corrected chi connectivity index (χ0v) is 12.8. The molecule has 0 bridgehead atoms. The lowest BCUT2D eigenvalue weighted by Gasteiger charge is -2.22. The normalized spacial score (nSPS) is 19.3. The Morgan fingerprint density at radius 3 is 2.79 bits per heavy atom. The Morgan fingerprint density at radius 2 is 2.05 bits per heavy atom. The number of hydrogen-bond donors (Lipinski definition) is 1. The molecule has 1 aliphatic rings. The van der Waals surface area contributed by atoms with Gasteiger partial charge in [-0.25, -0.2) is 0 Å². The van der Waals surface area contributed by atoms with Gasteiger partial charge in [0, 0.05) is 17.6 Å². The number of nitrogens with one attached hydrogen (secondary N) is 1. The molecular weight excluding hydrogens is 306 g/mol. The van der Waals surface area contributed by atoms with E-state index >= 15 is 0 Å². The first kappa shape index (κ1) is 14.8. The van der Waals surface area contributed by atoms with Gasteiger partial charge in [-0.1, -0.05) is 15.9 Å². The van der Waals surface area contributed by atoms with Crippen molar-refractivity contribution >= 4 is 15.9 Å². The first-order valence-corrected chi connectivity index (χ1v) is 7.84. The molecule has 0 aliphatic carbocycles. The van der Waals surface area contributed by atoms with E-state index in [1.807, 2.05) is 24.3 Å². The summed E-state index contributed by atoms with van der Waals surface area (Å²) in [6.07, 6.45) is 5.34. The van der Waals surface area contributed by atoms with E-state index in [1.165, 1.54) is 19.3 Å². The van der Waals surface area contributed by atoms with Crippen molar-refractivity contribution in [3.05, 3.63) is 28.7 Å². The number of ether oxygens (including phenoxy) is 2. The number of benzene rings is 1. The average Bonchev–Trinajstić information content (AvgIpc) is 2.46. The third-order valence-corrected chi connectivity index (χ3v) is 3.81. The summed E-state index contributed by atoms with van der Waals surface area (Å²) in [6, 6.07) is 7.92. The minimum Gasteiger partial charge on any atom is -0.492 e. The van der Waals surface area contributed by atoms with E-state index in [0.29, 0.717) is 12.7 Å². The third kappa shape index (κ3) is 5.93. The minimum atomic E-state index is 0.466. The van der Waals surface area contributed by atoms with Crippen LogP contribution in [0.4, 0.5) is 0 Å². The molecule has 2 rings (SSSR count). The molecule has 0 saturated carbocycles. The molecule has 3 nitrogen and oxygen atoms in total. The highest BCUT2D eigenvalue weighted by atomic mass is 79.9. The highest BCUT2D eigenvalue weighted by molar-refractivity contribution is 9.10. The SMILES string of the molecule is Brc1ccc(OCCNCCC2CCCCO2)cc1. The number of halogens is 1. The molecule has 1 aromatic rings. The van der Waals surface area contributed by atoms with E-state index in [2.05, 4.69) is 21.2 Å². The maximum Gasteiger partial charge on any atom is 0.119 e. The molecule has 4 heteroatoms. The van der Waals surface area contributed by atoms with Crippen molar-refractivity contribution in [1.29, 1.82) is 0 Å². The summed E-state index contributed by atoms with van der Waals surface area (Å²) in [4.78, 5) is 0. The van der Waals surface area contributed by atoms with Crippen LogP contribution >= 0.6 is 15.9 Å². The summed E-state index contributed by atoms with van der Waals surface area (Å²) < 4.78 is 12.4. The molecule has 1 aromatic carbocycles. The van der Waals surface area contributed by atoms with Crippen LogP contribution in [0.5, 0.6) is 5.75 Å². The summed E-state index contributed by atoms with van der Waals surface area (Å²) in [7, 11) is 0. The first-order valence-electron chi connectivity index (χ1n) is 7.05. The van der Waals surface area contributed by atoms with Crippen molar-refractivity contribution in [3.8, 4) is 5.75 Å². The summed E-state index contributed by atoms with van der Waals surface area (Å²) in [6.45, 7) is 3.53. The smallest absolute Gasteiger partial charge is 0.119 e. The van der Waals surface area contributed by atoms with Crippen LogP contribution in [-0.2, 0) is 4.74 Å². The second kappa shape index (κ2) is 8.56. The summed E-state index contributed by atoms with van der Waals surface area (Å²) in [5.41, 5.74) is 0. The molecule has 1 unspecified atom stereocenters. The third-order valence-electron chi connectivity index (χ3n) is 3.28. The summed E-state index contributed by atoms with van der Waals surface area (Å²) in [5, 5.41) is 3.40. The standard InChI is InChI=1S/C15H22BrNO2/c16-13-4-6-15(7-5-13)19-12-10-17-9-8-14-3-1-2-11-18-14/h4-7,14,17H,1-3,8-12H2. The van der Waals surface area contributed by atoms with Crippen LogP contribution in [-0.4, -0.2) is 32.4 Å². The van der Waals surface area contributed by atoms with Crippen LogP contribution in [0, 0.1) is 0 Å². The average molecular weight is 328 g/mol. The van der Waals surface area contributed by atoms with Gasteiger partial charge in [-0.2, -0.15) is 0 Å². The second-order valence-corrected chi connectivity index (χ2v) is 5.75. The number of rotatable bonds is 7. The molecule has 0 spiro atoms. The van der Waals surface area contributed by atoms with Crippen LogP contribution in [0.1, 0.15) is 25.7 Å². The largest absolute Gasteiger partial charge is 0.492 e. The van der Waals surface area contributed by atoms with Gasteiger partial charge in [-0.05, 0) is 56.5 Å². The predicted octanol–water partition coefficient (Wildman–Crippen LogP) is 3.38. The first-order chi connectivity index (χ1) is 9.34. The van der Waals surface area contributed by atoms with E-state index in [0.717, 1.165) is 36.3 Å². The Labute approximate surface area is 123 Å². The Bertz CT molecular complexity index is 350. The van der Waals surface area contributed by atoms with Gasteiger partial charge in [0.05, 0.1) is 6.10 Å².